The summed E-state index contributed by atoms with van der Waals surface area (Å²) in [4.78, 5) is 0. The molecule has 0 radical (unpaired) electrons. The van der Waals surface area contributed by atoms with Gasteiger partial charge in [-0.2, -0.15) is 0 Å². The van der Waals surface area contributed by atoms with Gasteiger partial charge in [-0.3, -0.25) is 0 Å². The van der Waals surface area contributed by atoms with Crippen LogP contribution in [-0.2, 0) is 0 Å². The monoisotopic (exact) mass is 212 g/mol. The molecule has 1 nitrogen and oxygen atoms in total. The van der Waals surface area contributed by atoms with Crippen molar-refractivity contribution in [3.8, 4) is 5.75 Å². The van der Waals surface area contributed by atoms with Crippen LogP contribution in [0.15, 0.2) is 59.9 Å². The molecule has 0 heterocycles. The number of ether oxygens (including phenoxy) is 1. The van der Waals surface area contributed by atoms with Crippen LogP contribution in [0.4, 0.5) is 0 Å². The molecule has 2 rings (SSSR count). The van der Waals surface area contributed by atoms with Crippen molar-refractivity contribution in [2.45, 2.75) is 20.3 Å². The second-order valence-electron chi connectivity index (χ2n) is 4.10. The molecule has 0 N–H and O–H groups in total. The van der Waals surface area contributed by atoms with Gasteiger partial charge in [-0.15, -0.1) is 0 Å². The Morgan fingerprint density at radius 1 is 1.06 bits per heavy atom. The highest BCUT2D eigenvalue weighted by molar-refractivity contribution is 5.32. The van der Waals surface area contributed by atoms with Gasteiger partial charge in [0, 0.05) is 0 Å². The van der Waals surface area contributed by atoms with E-state index in [9.17, 15) is 0 Å². The van der Waals surface area contributed by atoms with Gasteiger partial charge in [0.2, 0.25) is 0 Å². The van der Waals surface area contributed by atoms with E-state index in [2.05, 4.69) is 38.1 Å². The van der Waals surface area contributed by atoms with E-state index in [1.807, 2.05) is 24.3 Å². The van der Waals surface area contributed by atoms with Gasteiger partial charge in [0.25, 0.3) is 0 Å². The highest BCUT2D eigenvalue weighted by Gasteiger charge is 1.99. The van der Waals surface area contributed by atoms with Crippen LogP contribution >= 0.6 is 0 Å². The number of rotatable bonds is 2. The third-order valence-corrected chi connectivity index (χ3v) is 2.52. The van der Waals surface area contributed by atoms with Gasteiger partial charge in [-0.1, -0.05) is 35.4 Å². The van der Waals surface area contributed by atoms with Crippen LogP contribution < -0.4 is 4.74 Å². The summed E-state index contributed by atoms with van der Waals surface area (Å²) in [7, 11) is 0. The summed E-state index contributed by atoms with van der Waals surface area (Å²) in [5, 5.41) is 0. The minimum Gasteiger partial charge on any atom is -0.458 e. The first kappa shape index (κ1) is 10.7. The van der Waals surface area contributed by atoms with Crippen LogP contribution in [0.25, 0.3) is 0 Å². The quantitative estimate of drug-likeness (QED) is 0.715. The number of hydrogen-bond acceptors (Lipinski definition) is 1. The maximum Gasteiger partial charge on any atom is 0.127 e. The molecular formula is C15H16O. The fourth-order valence-corrected chi connectivity index (χ4v) is 1.52. The summed E-state index contributed by atoms with van der Waals surface area (Å²) in [5.74, 6) is 1.80. The van der Waals surface area contributed by atoms with Crippen LogP contribution in [0.3, 0.4) is 0 Å². The molecule has 0 saturated heterocycles. The van der Waals surface area contributed by atoms with Gasteiger partial charge in [-0.25, -0.2) is 0 Å². The van der Waals surface area contributed by atoms with Crippen molar-refractivity contribution in [3.05, 3.63) is 65.5 Å². The van der Waals surface area contributed by atoms with E-state index in [1.165, 1.54) is 11.1 Å². The van der Waals surface area contributed by atoms with Crippen molar-refractivity contribution in [3.63, 3.8) is 0 Å². The molecule has 0 spiro atoms. The molecule has 1 aliphatic rings. The molecule has 1 heteroatoms. The van der Waals surface area contributed by atoms with E-state index >= 15 is 0 Å². The molecular weight excluding hydrogens is 196 g/mol. The minimum atomic E-state index is 0.890. The van der Waals surface area contributed by atoms with Gasteiger partial charge in [0.05, 0.1) is 0 Å². The molecule has 1 aliphatic carbocycles. The average molecular weight is 212 g/mol. The summed E-state index contributed by atoms with van der Waals surface area (Å²) < 4.78 is 5.78. The largest absolute Gasteiger partial charge is 0.458 e. The van der Waals surface area contributed by atoms with Gasteiger partial charge in [-0.05, 0) is 44.6 Å². The molecule has 82 valence electrons. The molecule has 1 aromatic rings. The fraction of sp³-hybridized carbons (Fsp3) is 0.200. The summed E-state index contributed by atoms with van der Waals surface area (Å²) in [6, 6.07) is 8.10. The number of hydrogen-bond donors (Lipinski definition) is 0. The molecule has 0 bridgehead atoms. The molecule has 0 aliphatic heterocycles. The highest BCUT2D eigenvalue weighted by Crippen LogP contribution is 2.18. The predicted molar refractivity (Wildman–Crippen MR) is 67.4 cm³/mol. The normalized spacial score (nSPS) is 15.1. The number of benzene rings is 1. The lowest BCUT2D eigenvalue weighted by molar-refractivity contribution is 0.442. The highest BCUT2D eigenvalue weighted by atomic mass is 16.5. The van der Waals surface area contributed by atoms with Crippen LogP contribution in [-0.4, -0.2) is 0 Å². The van der Waals surface area contributed by atoms with Crippen molar-refractivity contribution >= 4 is 0 Å². The van der Waals surface area contributed by atoms with E-state index in [1.54, 1.807) is 0 Å². The number of aryl methyl sites for hydroxylation is 1. The standard InChI is InChI=1S/C15H16O/c1-12-4-3-5-14(9-6-12)16-15-10-7-13(2)8-11-15/h3-5,7-11H,6H2,1-2H3. The first-order valence-electron chi connectivity index (χ1n) is 5.52. The molecule has 0 unspecified atom stereocenters. The zero-order chi connectivity index (χ0) is 11.4. The predicted octanol–water partition coefficient (Wildman–Crippen LogP) is 4.16. The third kappa shape index (κ3) is 2.86. The van der Waals surface area contributed by atoms with Gasteiger partial charge >= 0.3 is 0 Å². The van der Waals surface area contributed by atoms with Crippen LogP contribution in [0.5, 0.6) is 5.75 Å². The van der Waals surface area contributed by atoms with Crippen molar-refractivity contribution in [2.75, 3.05) is 0 Å². The summed E-state index contributed by atoms with van der Waals surface area (Å²) in [6.45, 7) is 4.19. The van der Waals surface area contributed by atoms with Crippen molar-refractivity contribution < 1.29 is 4.74 Å². The summed E-state index contributed by atoms with van der Waals surface area (Å²) >= 11 is 0. The molecule has 0 aromatic heterocycles. The Balaban J connectivity index is 2.08. The van der Waals surface area contributed by atoms with Crippen LogP contribution in [0, 0.1) is 6.92 Å². The Bertz CT molecular complexity index is 447. The van der Waals surface area contributed by atoms with Gasteiger partial charge in [0.1, 0.15) is 11.5 Å². The Kier molecular flexibility index (Phi) is 3.25. The average Bonchev–Trinajstić information content (AvgIpc) is 2.47. The molecule has 0 saturated carbocycles. The van der Waals surface area contributed by atoms with Gasteiger partial charge < -0.3 is 4.74 Å². The van der Waals surface area contributed by atoms with Gasteiger partial charge in [0.15, 0.2) is 0 Å². The van der Waals surface area contributed by atoms with E-state index < -0.39 is 0 Å². The van der Waals surface area contributed by atoms with Crippen molar-refractivity contribution in [1.29, 1.82) is 0 Å². The van der Waals surface area contributed by atoms with Crippen LogP contribution in [0.1, 0.15) is 18.9 Å². The first-order chi connectivity index (χ1) is 7.74. The smallest absolute Gasteiger partial charge is 0.127 e. The third-order valence-electron chi connectivity index (χ3n) is 2.52. The Hall–Kier alpha value is -1.76. The lowest BCUT2D eigenvalue weighted by Crippen LogP contribution is -1.91. The zero-order valence-electron chi connectivity index (χ0n) is 9.73. The lowest BCUT2D eigenvalue weighted by atomic mass is 10.2. The van der Waals surface area contributed by atoms with E-state index in [0.717, 1.165) is 17.9 Å². The summed E-state index contributed by atoms with van der Waals surface area (Å²) in [6.07, 6.45) is 9.20. The minimum absolute atomic E-state index is 0.890. The number of allylic oxidation sites excluding steroid dienone is 5. The zero-order valence-corrected chi connectivity index (χ0v) is 9.73. The van der Waals surface area contributed by atoms with Crippen LogP contribution in [0.2, 0.25) is 0 Å². The molecule has 0 fully saturated rings. The first-order valence-corrected chi connectivity index (χ1v) is 5.52. The SMILES string of the molecule is CC1=CC=CC(Oc2ccc(C)cc2)=CC1. The maximum atomic E-state index is 5.78. The van der Waals surface area contributed by atoms with Crippen molar-refractivity contribution in [2.24, 2.45) is 0 Å². The fourth-order valence-electron chi connectivity index (χ4n) is 1.52. The maximum absolute atomic E-state index is 5.78. The molecule has 0 amide bonds. The molecule has 16 heavy (non-hydrogen) atoms. The molecule has 0 atom stereocenters. The molecule has 1 aromatic carbocycles. The Labute approximate surface area is 96.8 Å². The summed E-state index contributed by atoms with van der Waals surface area (Å²) in [5.41, 5.74) is 2.59. The van der Waals surface area contributed by atoms with E-state index in [0.29, 0.717) is 0 Å². The Morgan fingerprint density at radius 3 is 2.56 bits per heavy atom. The van der Waals surface area contributed by atoms with E-state index in [-0.39, 0.29) is 0 Å². The second kappa shape index (κ2) is 4.84. The topological polar surface area (TPSA) is 9.23 Å². The Morgan fingerprint density at radius 2 is 1.81 bits per heavy atom. The van der Waals surface area contributed by atoms with Crippen molar-refractivity contribution in [1.82, 2.24) is 0 Å². The lowest BCUT2D eigenvalue weighted by Gasteiger charge is -2.06. The second-order valence-corrected chi connectivity index (χ2v) is 4.10. The van der Waals surface area contributed by atoms with E-state index in [4.69, 9.17) is 4.74 Å².